The number of amides is 2. The predicted molar refractivity (Wildman–Crippen MR) is 127 cm³/mol. The highest BCUT2D eigenvalue weighted by molar-refractivity contribution is 6.07. The second-order valence-electron chi connectivity index (χ2n) is 7.90. The van der Waals surface area contributed by atoms with Crippen LogP contribution in [0, 0.1) is 0 Å². The number of hydrogen-bond acceptors (Lipinski definition) is 4. The number of hydrogen-bond donors (Lipinski definition) is 3. The third kappa shape index (κ3) is 4.98. The van der Waals surface area contributed by atoms with Gasteiger partial charge in [0.25, 0.3) is 5.91 Å². The summed E-state index contributed by atoms with van der Waals surface area (Å²) in [5.74, 6) is -0.279. The van der Waals surface area contributed by atoms with Gasteiger partial charge in [0.15, 0.2) is 0 Å². The first-order valence-corrected chi connectivity index (χ1v) is 10.9. The molecule has 0 fully saturated rings. The van der Waals surface area contributed by atoms with Crippen molar-refractivity contribution in [3.63, 3.8) is 0 Å². The van der Waals surface area contributed by atoms with Crippen LogP contribution >= 0.6 is 0 Å². The van der Waals surface area contributed by atoms with Gasteiger partial charge in [-0.25, -0.2) is 0 Å². The topological polar surface area (TPSA) is 87.5 Å². The van der Waals surface area contributed by atoms with Gasteiger partial charge in [-0.1, -0.05) is 48.5 Å². The lowest BCUT2D eigenvalue weighted by Crippen LogP contribution is -2.52. The number of nitrogens with two attached hydrogens (primary N) is 1. The van der Waals surface area contributed by atoms with E-state index in [1.807, 2.05) is 60.7 Å². The summed E-state index contributed by atoms with van der Waals surface area (Å²) in [6.07, 6.45) is 2.02. The van der Waals surface area contributed by atoms with Crippen LogP contribution in [0.5, 0.6) is 0 Å². The largest absolute Gasteiger partial charge is 0.376 e. The molecule has 6 heteroatoms. The summed E-state index contributed by atoms with van der Waals surface area (Å²) < 4.78 is 0. The van der Waals surface area contributed by atoms with E-state index in [1.165, 1.54) is 0 Å². The lowest BCUT2D eigenvalue weighted by atomic mass is 10.1. The molecule has 0 saturated carbocycles. The number of para-hydroxylation sites is 1. The van der Waals surface area contributed by atoms with Crippen molar-refractivity contribution in [3.05, 3.63) is 95.6 Å². The Labute approximate surface area is 188 Å². The Bertz CT molecular complexity index is 1070. The number of rotatable bonds is 6. The highest BCUT2D eigenvalue weighted by Crippen LogP contribution is 2.30. The molecule has 1 heterocycles. The van der Waals surface area contributed by atoms with Crippen LogP contribution in [0.4, 0.5) is 11.4 Å². The molecule has 0 bridgehead atoms. The van der Waals surface area contributed by atoms with Crippen LogP contribution in [-0.4, -0.2) is 24.5 Å². The molecule has 2 amide bonds. The summed E-state index contributed by atoms with van der Waals surface area (Å²) in [6, 6.07) is 24.8. The molecule has 0 spiro atoms. The van der Waals surface area contributed by atoms with E-state index in [-0.39, 0.29) is 18.4 Å². The van der Waals surface area contributed by atoms with Crippen LogP contribution in [0.1, 0.15) is 34.3 Å². The van der Waals surface area contributed by atoms with Crippen LogP contribution < -0.4 is 21.3 Å². The van der Waals surface area contributed by atoms with E-state index in [2.05, 4.69) is 16.7 Å². The van der Waals surface area contributed by atoms with Gasteiger partial charge in [0, 0.05) is 23.5 Å². The monoisotopic (exact) mass is 428 g/mol. The average molecular weight is 429 g/mol. The fraction of sp³-hybridized carbons (Fsp3) is 0.231. The summed E-state index contributed by atoms with van der Waals surface area (Å²) in [7, 11) is 0. The number of aryl methyl sites for hydroxylation is 1. The molecule has 4 N–H and O–H groups in total. The first kappa shape index (κ1) is 21.6. The van der Waals surface area contributed by atoms with Crippen molar-refractivity contribution in [3.8, 4) is 0 Å². The van der Waals surface area contributed by atoms with E-state index in [1.54, 1.807) is 17.0 Å². The Morgan fingerprint density at radius 3 is 2.41 bits per heavy atom. The third-order valence-corrected chi connectivity index (χ3v) is 5.70. The maximum absolute atomic E-state index is 13.5. The zero-order valence-corrected chi connectivity index (χ0v) is 18.0. The van der Waals surface area contributed by atoms with Crippen LogP contribution in [0.3, 0.4) is 0 Å². The van der Waals surface area contributed by atoms with Crippen molar-refractivity contribution in [1.29, 1.82) is 0 Å². The van der Waals surface area contributed by atoms with Crippen molar-refractivity contribution in [2.75, 3.05) is 16.8 Å². The molecule has 1 unspecified atom stereocenters. The summed E-state index contributed by atoms with van der Waals surface area (Å²) in [4.78, 5) is 28.0. The van der Waals surface area contributed by atoms with Crippen molar-refractivity contribution in [2.45, 2.75) is 32.0 Å². The van der Waals surface area contributed by atoms with Gasteiger partial charge >= 0.3 is 0 Å². The SMILES string of the molecule is NCc1ccc(NCC(=O)NC2CCCc3ccccc3N2C(=O)c2ccccc2)cc1. The summed E-state index contributed by atoms with van der Waals surface area (Å²) >= 11 is 0. The van der Waals surface area contributed by atoms with Gasteiger partial charge in [-0.2, -0.15) is 0 Å². The minimum Gasteiger partial charge on any atom is -0.376 e. The van der Waals surface area contributed by atoms with Gasteiger partial charge in [0.2, 0.25) is 5.91 Å². The van der Waals surface area contributed by atoms with Gasteiger partial charge in [-0.3, -0.25) is 14.5 Å². The van der Waals surface area contributed by atoms with E-state index in [0.29, 0.717) is 18.5 Å². The number of benzene rings is 3. The third-order valence-electron chi connectivity index (χ3n) is 5.70. The second kappa shape index (κ2) is 10.1. The molecule has 0 saturated heterocycles. The average Bonchev–Trinajstić information content (AvgIpc) is 3.02. The first-order valence-electron chi connectivity index (χ1n) is 10.9. The molecule has 3 aromatic carbocycles. The van der Waals surface area contributed by atoms with E-state index in [9.17, 15) is 9.59 Å². The molecule has 32 heavy (non-hydrogen) atoms. The Morgan fingerprint density at radius 1 is 0.938 bits per heavy atom. The Morgan fingerprint density at radius 2 is 1.66 bits per heavy atom. The molecule has 1 aliphatic rings. The van der Waals surface area contributed by atoms with Gasteiger partial charge in [-0.05, 0) is 60.7 Å². The summed E-state index contributed by atoms with van der Waals surface area (Å²) in [5.41, 5.74) is 10.1. The van der Waals surface area contributed by atoms with Crippen molar-refractivity contribution in [2.24, 2.45) is 5.73 Å². The number of fused-ring (bicyclic) bond motifs is 1. The predicted octanol–water partition coefficient (Wildman–Crippen LogP) is 3.68. The maximum Gasteiger partial charge on any atom is 0.259 e. The fourth-order valence-corrected chi connectivity index (χ4v) is 4.03. The molecule has 3 aromatic rings. The maximum atomic E-state index is 13.5. The van der Waals surface area contributed by atoms with Gasteiger partial charge in [0.1, 0.15) is 6.17 Å². The van der Waals surface area contributed by atoms with E-state index in [0.717, 1.165) is 35.3 Å². The van der Waals surface area contributed by atoms with Crippen molar-refractivity contribution >= 4 is 23.2 Å². The lowest BCUT2D eigenvalue weighted by molar-refractivity contribution is -0.120. The molecule has 0 aromatic heterocycles. The Kier molecular flexibility index (Phi) is 6.82. The molecule has 1 atom stereocenters. The fourth-order valence-electron chi connectivity index (χ4n) is 4.03. The molecular weight excluding hydrogens is 400 g/mol. The zero-order chi connectivity index (χ0) is 22.3. The van der Waals surface area contributed by atoms with E-state index in [4.69, 9.17) is 5.73 Å². The second-order valence-corrected chi connectivity index (χ2v) is 7.90. The van der Waals surface area contributed by atoms with Gasteiger partial charge < -0.3 is 16.4 Å². The lowest BCUT2D eigenvalue weighted by Gasteiger charge is -2.32. The van der Waals surface area contributed by atoms with Crippen LogP contribution in [0.2, 0.25) is 0 Å². The number of nitrogens with one attached hydrogen (secondary N) is 2. The molecule has 6 nitrogen and oxygen atoms in total. The quantitative estimate of drug-likeness (QED) is 0.559. The number of anilines is 2. The van der Waals surface area contributed by atoms with E-state index < -0.39 is 6.17 Å². The van der Waals surface area contributed by atoms with Crippen LogP contribution in [-0.2, 0) is 17.8 Å². The van der Waals surface area contributed by atoms with Crippen LogP contribution in [0.25, 0.3) is 0 Å². The van der Waals surface area contributed by atoms with Gasteiger partial charge in [0.05, 0.1) is 6.54 Å². The normalized spacial score (nSPS) is 15.4. The Balaban J connectivity index is 1.52. The van der Waals surface area contributed by atoms with Crippen molar-refractivity contribution < 1.29 is 9.59 Å². The minimum absolute atomic E-state index is 0.115. The highest BCUT2D eigenvalue weighted by Gasteiger charge is 2.31. The van der Waals surface area contributed by atoms with Crippen LogP contribution in [0.15, 0.2) is 78.9 Å². The first-order chi connectivity index (χ1) is 15.7. The Hall–Kier alpha value is -3.64. The highest BCUT2D eigenvalue weighted by atomic mass is 16.2. The molecule has 0 radical (unpaired) electrons. The zero-order valence-electron chi connectivity index (χ0n) is 18.0. The molecule has 0 aliphatic carbocycles. The van der Waals surface area contributed by atoms with Crippen molar-refractivity contribution in [1.82, 2.24) is 5.32 Å². The number of carbonyl (C=O) groups excluding carboxylic acids is 2. The summed E-state index contributed by atoms with van der Waals surface area (Å²) in [6.45, 7) is 0.600. The number of carbonyl (C=O) groups is 2. The molecule has 4 rings (SSSR count). The smallest absolute Gasteiger partial charge is 0.259 e. The summed E-state index contributed by atoms with van der Waals surface area (Å²) in [5, 5.41) is 6.22. The molecular formula is C26H28N4O2. The molecule has 1 aliphatic heterocycles. The van der Waals surface area contributed by atoms with Gasteiger partial charge in [-0.15, -0.1) is 0 Å². The minimum atomic E-state index is -0.416. The standard InChI is InChI=1S/C26H28N4O2/c27-17-19-13-15-22(16-14-19)28-18-25(31)29-24-12-6-10-20-7-4-5-11-23(20)30(24)26(32)21-8-2-1-3-9-21/h1-5,7-9,11,13-16,24,28H,6,10,12,17-18,27H2,(H,29,31). The molecule has 164 valence electrons. The number of nitrogens with zero attached hydrogens (tertiary/aromatic N) is 1. The van der Waals surface area contributed by atoms with E-state index >= 15 is 0 Å².